The highest BCUT2D eigenvalue weighted by Gasteiger charge is 2.17. The van der Waals surface area contributed by atoms with E-state index in [0.717, 1.165) is 8.81 Å². The average Bonchev–Trinajstić information content (AvgIpc) is 2.63. The minimum Gasteiger partial charge on any atom is -0.309 e. The van der Waals surface area contributed by atoms with E-state index in [4.69, 9.17) is 11.6 Å². The third-order valence-electron chi connectivity index (χ3n) is 2.74. The molecule has 1 N–H and O–H groups in total. The maximum atomic E-state index is 6.10. The third kappa shape index (κ3) is 2.74. The van der Waals surface area contributed by atoms with Gasteiger partial charge >= 0.3 is 0 Å². The second-order valence-corrected chi connectivity index (χ2v) is 6.39. The van der Waals surface area contributed by atoms with Gasteiger partial charge in [0.2, 0.25) is 0 Å². The summed E-state index contributed by atoms with van der Waals surface area (Å²) in [5.41, 5.74) is 2.58. The molecule has 2 rings (SSSR count). The van der Waals surface area contributed by atoms with Gasteiger partial charge in [-0.05, 0) is 47.1 Å². The molecule has 1 aromatic carbocycles. The first-order chi connectivity index (χ1) is 8.13. The maximum Gasteiger partial charge on any atom is 0.107 e. The Labute approximate surface area is 119 Å². The summed E-state index contributed by atoms with van der Waals surface area (Å²) in [6.07, 6.45) is 0. The summed E-state index contributed by atoms with van der Waals surface area (Å²) in [4.78, 5) is 1.22. The molecular weight excluding hydrogens is 318 g/mol. The fourth-order valence-corrected chi connectivity index (χ4v) is 3.73. The SMILES string of the molecule is CNC(c1cc(Br)c(Cl)s1)c1ccccc1C. The van der Waals surface area contributed by atoms with Crippen molar-refractivity contribution in [3.63, 3.8) is 0 Å². The second kappa shape index (κ2) is 5.53. The summed E-state index contributed by atoms with van der Waals surface area (Å²) in [6.45, 7) is 2.13. The van der Waals surface area contributed by atoms with Crippen LogP contribution < -0.4 is 5.32 Å². The highest BCUT2D eigenvalue weighted by atomic mass is 79.9. The lowest BCUT2D eigenvalue weighted by Crippen LogP contribution is -2.17. The van der Waals surface area contributed by atoms with E-state index >= 15 is 0 Å². The van der Waals surface area contributed by atoms with E-state index in [9.17, 15) is 0 Å². The summed E-state index contributed by atoms with van der Waals surface area (Å²) in [7, 11) is 1.97. The molecule has 0 amide bonds. The van der Waals surface area contributed by atoms with Crippen molar-refractivity contribution in [1.29, 1.82) is 0 Å². The molecule has 0 spiro atoms. The molecule has 17 heavy (non-hydrogen) atoms. The van der Waals surface area contributed by atoms with Gasteiger partial charge in [-0.2, -0.15) is 0 Å². The topological polar surface area (TPSA) is 12.0 Å². The molecule has 1 unspecified atom stereocenters. The number of halogens is 2. The Morgan fingerprint density at radius 3 is 2.59 bits per heavy atom. The Morgan fingerprint density at radius 1 is 1.35 bits per heavy atom. The van der Waals surface area contributed by atoms with Crippen molar-refractivity contribution < 1.29 is 0 Å². The number of benzene rings is 1. The predicted octanol–water partition coefficient (Wildman–Crippen LogP) is 4.78. The predicted molar refractivity (Wildman–Crippen MR) is 79.1 cm³/mol. The summed E-state index contributed by atoms with van der Waals surface area (Å²) in [6, 6.07) is 10.7. The van der Waals surface area contributed by atoms with Gasteiger partial charge in [0.25, 0.3) is 0 Å². The van der Waals surface area contributed by atoms with Crippen molar-refractivity contribution in [2.24, 2.45) is 0 Å². The van der Waals surface area contributed by atoms with Crippen LogP contribution in [0.15, 0.2) is 34.8 Å². The van der Waals surface area contributed by atoms with E-state index in [2.05, 4.69) is 58.5 Å². The number of nitrogens with one attached hydrogen (secondary N) is 1. The number of thiophene rings is 1. The first-order valence-corrected chi connectivity index (χ1v) is 7.29. The van der Waals surface area contributed by atoms with E-state index in [1.165, 1.54) is 16.0 Å². The van der Waals surface area contributed by atoms with Gasteiger partial charge in [-0.15, -0.1) is 11.3 Å². The van der Waals surface area contributed by atoms with Crippen LogP contribution in [-0.2, 0) is 0 Å². The largest absolute Gasteiger partial charge is 0.309 e. The monoisotopic (exact) mass is 329 g/mol. The van der Waals surface area contributed by atoms with Gasteiger partial charge in [0, 0.05) is 9.35 Å². The van der Waals surface area contributed by atoms with Crippen molar-refractivity contribution in [1.82, 2.24) is 5.32 Å². The standard InChI is InChI=1S/C13H13BrClNS/c1-8-5-3-4-6-9(8)12(16-2)11-7-10(14)13(15)17-11/h3-7,12,16H,1-2H3. The Bertz CT molecular complexity index is 504. The molecule has 90 valence electrons. The lowest BCUT2D eigenvalue weighted by molar-refractivity contribution is 0.699. The summed E-state index contributed by atoms with van der Waals surface area (Å²) in [5, 5.41) is 3.35. The molecule has 1 nitrogen and oxygen atoms in total. The zero-order chi connectivity index (χ0) is 12.4. The first kappa shape index (κ1) is 13.1. The van der Waals surface area contributed by atoms with Crippen LogP contribution >= 0.6 is 38.9 Å². The molecular formula is C13H13BrClNS. The lowest BCUT2D eigenvalue weighted by Gasteiger charge is -2.17. The molecule has 0 saturated carbocycles. The van der Waals surface area contributed by atoms with Gasteiger partial charge in [0.15, 0.2) is 0 Å². The van der Waals surface area contributed by atoms with Crippen LogP contribution in [0.25, 0.3) is 0 Å². The van der Waals surface area contributed by atoms with Gasteiger partial charge in [0.1, 0.15) is 4.34 Å². The molecule has 0 aliphatic carbocycles. The van der Waals surface area contributed by atoms with Crippen LogP contribution in [0.5, 0.6) is 0 Å². The van der Waals surface area contributed by atoms with Crippen LogP contribution in [0.1, 0.15) is 22.0 Å². The highest BCUT2D eigenvalue weighted by molar-refractivity contribution is 9.10. The molecule has 1 atom stereocenters. The molecule has 1 heterocycles. The van der Waals surface area contributed by atoms with E-state index in [1.807, 2.05) is 7.05 Å². The van der Waals surface area contributed by atoms with Crippen molar-refractivity contribution in [3.8, 4) is 0 Å². The van der Waals surface area contributed by atoms with Crippen LogP contribution in [0.2, 0.25) is 4.34 Å². The molecule has 0 fully saturated rings. The van der Waals surface area contributed by atoms with Gasteiger partial charge < -0.3 is 5.32 Å². The van der Waals surface area contributed by atoms with Gasteiger partial charge in [0.05, 0.1) is 6.04 Å². The third-order valence-corrected chi connectivity index (χ3v) is 5.28. The Morgan fingerprint density at radius 2 is 2.06 bits per heavy atom. The van der Waals surface area contributed by atoms with E-state index in [0.29, 0.717) is 0 Å². The van der Waals surface area contributed by atoms with Gasteiger partial charge in [-0.3, -0.25) is 0 Å². The van der Waals surface area contributed by atoms with E-state index in [-0.39, 0.29) is 6.04 Å². The molecule has 4 heteroatoms. The highest BCUT2D eigenvalue weighted by Crippen LogP contribution is 2.37. The quantitative estimate of drug-likeness (QED) is 0.854. The van der Waals surface area contributed by atoms with Crippen LogP contribution in [-0.4, -0.2) is 7.05 Å². The molecule has 0 aliphatic heterocycles. The Kier molecular flexibility index (Phi) is 4.26. The normalized spacial score (nSPS) is 12.7. The van der Waals surface area contributed by atoms with Crippen molar-refractivity contribution in [2.75, 3.05) is 7.05 Å². The molecule has 0 saturated heterocycles. The number of hydrogen-bond acceptors (Lipinski definition) is 2. The minimum atomic E-state index is 0.199. The summed E-state index contributed by atoms with van der Waals surface area (Å²) in [5.74, 6) is 0. The number of aryl methyl sites for hydroxylation is 1. The molecule has 1 aromatic heterocycles. The zero-order valence-corrected chi connectivity index (χ0v) is 12.8. The van der Waals surface area contributed by atoms with Crippen molar-refractivity contribution in [3.05, 3.63) is 55.1 Å². The smallest absolute Gasteiger partial charge is 0.107 e. The molecule has 0 aliphatic rings. The van der Waals surface area contributed by atoms with Crippen molar-refractivity contribution >= 4 is 38.9 Å². The lowest BCUT2D eigenvalue weighted by atomic mass is 10.0. The molecule has 0 radical (unpaired) electrons. The van der Waals surface area contributed by atoms with Crippen LogP contribution in [0.3, 0.4) is 0 Å². The van der Waals surface area contributed by atoms with Crippen LogP contribution in [0.4, 0.5) is 0 Å². The average molecular weight is 331 g/mol. The van der Waals surface area contributed by atoms with E-state index in [1.54, 1.807) is 11.3 Å². The van der Waals surface area contributed by atoms with Gasteiger partial charge in [-0.1, -0.05) is 35.9 Å². The van der Waals surface area contributed by atoms with Crippen LogP contribution in [0, 0.1) is 6.92 Å². The maximum absolute atomic E-state index is 6.10. The second-order valence-electron chi connectivity index (χ2n) is 3.85. The fraction of sp³-hybridized carbons (Fsp3) is 0.231. The first-order valence-electron chi connectivity index (χ1n) is 5.31. The minimum absolute atomic E-state index is 0.199. The molecule has 2 aromatic rings. The zero-order valence-electron chi connectivity index (χ0n) is 9.63. The van der Waals surface area contributed by atoms with E-state index < -0.39 is 0 Å². The number of rotatable bonds is 3. The molecule has 0 bridgehead atoms. The number of hydrogen-bond donors (Lipinski definition) is 1. The summed E-state index contributed by atoms with van der Waals surface area (Å²) >= 11 is 11.2. The Hall–Kier alpha value is -0.350. The Balaban J connectivity index is 2.44. The summed E-state index contributed by atoms with van der Waals surface area (Å²) < 4.78 is 1.77. The van der Waals surface area contributed by atoms with Gasteiger partial charge in [-0.25, -0.2) is 0 Å². The van der Waals surface area contributed by atoms with Crippen molar-refractivity contribution in [2.45, 2.75) is 13.0 Å². The fourth-order valence-electron chi connectivity index (χ4n) is 1.87.